The molecule has 0 bridgehead atoms. The fourth-order valence-electron chi connectivity index (χ4n) is 2.98. The molecule has 5 heteroatoms. The Morgan fingerprint density at radius 1 is 1.18 bits per heavy atom. The van der Waals surface area contributed by atoms with Crippen molar-refractivity contribution in [2.75, 3.05) is 23.0 Å². The average Bonchev–Trinajstić information content (AvgIpc) is 3.03. The summed E-state index contributed by atoms with van der Waals surface area (Å²) in [7, 11) is 0. The van der Waals surface area contributed by atoms with Gasteiger partial charge < -0.3 is 4.90 Å². The maximum Gasteiger partial charge on any atom is 0.0670 e. The maximum atomic E-state index is 6.03. The molecule has 0 amide bonds. The van der Waals surface area contributed by atoms with Gasteiger partial charge in [-0.2, -0.15) is 16.9 Å². The summed E-state index contributed by atoms with van der Waals surface area (Å²) in [6.07, 6.45) is 1.86. The van der Waals surface area contributed by atoms with Gasteiger partial charge in [0.05, 0.1) is 17.8 Å². The minimum absolute atomic E-state index is 0.386. The molecule has 2 heterocycles. The van der Waals surface area contributed by atoms with Crippen molar-refractivity contribution in [3.8, 4) is 0 Å². The van der Waals surface area contributed by atoms with Crippen LogP contribution in [0, 0.1) is 0 Å². The van der Waals surface area contributed by atoms with E-state index in [0.717, 1.165) is 34.0 Å². The van der Waals surface area contributed by atoms with E-state index in [-0.39, 0.29) is 0 Å². The third kappa shape index (κ3) is 2.57. The lowest BCUT2D eigenvalue weighted by molar-refractivity contribution is 0.687. The van der Waals surface area contributed by atoms with Crippen molar-refractivity contribution in [1.29, 1.82) is 0 Å². The SMILES string of the molecule is Clc1ccc(C2CSCCN2c2ccc3cn[nH]c3c2)cc1. The lowest BCUT2D eigenvalue weighted by atomic mass is 10.1. The number of hydrogen-bond donors (Lipinski definition) is 1. The molecule has 0 saturated carbocycles. The van der Waals surface area contributed by atoms with Crippen molar-refractivity contribution >= 4 is 40.0 Å². The van der Waals surface area contributed by atoms with E-state index in [1.165, 1.54) is 11.3 Å². The van der Waals surface area contributed by atoms with E-state index in [4.69, 9.17) is 11.6 Å². The summed E-state index contributed by atoms with van der Waals surface area (Å²) >= 11 is 8.04. The number of nitrogens with one attached hydrogen (secondary N) is 1. The Bertz CT molecular complexity index is 784. The normalized spacial score (nSPS) is 18.8. The Morgan fingerprint density at radius 3 is 2.91 bits per heavy atom. The van der Waals surface area contributed by atoms with Crippen molar-refractivity contribution in [3.05, 3.63) is 59.2 Å². The van der Waals surface area contributed by atoms with E-state index in [2.05, 4.69) is 45.4 Å². The molecule has 1 aliphatic heterocycles. The minimum Gasteiger partial charge on any atom is -0.363 e. The standard InChI is InChI=1S/C17H16ClN3S/c18-14-4-1-12(2-5-14)17-11-22-8-7-21(17)15-6-3-13-10-19-20-16(13)9-15/h1-6,9-10,17H,7-8,11H2,(H,19,20). The highest BCUT2D eigenvalue weighted by atomic mass is 35.5. The van der Waals surface area contributed by atoms with E-state index < -0.39 is 0 Å². The van der Waals surface area contributed by atoms with Gasteiger partial charge in [0.1, 0.15) is 0 Å². The van der Waals surface area contributed by atoms with Crippen LogP contribution >= 0.6 is 23.4 Å². The van der Waals surface area contributed by atoms with Gasteiger partial charge in [-0.15, -0.1) is 0 Å². The molecule has 1 atom stereocenters. The summed E-state index contributed by atoms with van der Waals surface area (Å²) in [4.78, 5) is 2.49. The number of thioether (sulfide) groups is 1. The Balaban J connectivity index is 1.71. The summed E-state index contributed by atoms with van der Waals surface area (Å²) < 4.78 is 0. The topological polar surface area (TPSA) is 31.9 Å². The van der Waals surface area contributed by atoms with Gasteiger partial charge in [-0.25, -0.2) is 0 Å². The van der Waals surface area contributed by atoms with Crippen LogP contribution in [0.15, 0.2) is 48.7 Å². The second kappa shape index (κ2) is 5.86. The smallest absolute Gasteiger partial charge is 0.0670 e. The van der Waals surface area contributed by atoms with Crippen LogP contribution in [0.4, 0.5) is 5.69 Å². The van der Waals surface area contributed by atoms with Crippen LogP contribution in [0.2, 0.25) is 5.02 Å². The van der Waals surface area contributed by atoms with E-state index in [0.29, 0.717) is 6.04 Å². The maximum absolute atomic E-state index is 6.03. The van der Waals surface area contributed by atoms with Crippen molar-refractivity contribution in [2.24, 2.45) is 0 Å². The third-order valence-corrected chi connectivity index (χ3v) is 5.42. The highest BCUT2D eigenvalue weighted by Gasteiger charge is 2.24. The Hall–Kier alpha value is -1.65. The van der Waals surface area contributed by atoms with Crippen LogP contribution in [0.25, 0.3) is 10.9 Å². The third-order valence-electron chi connectivity index (χ3n) is 4.14. The van der Waals surface area contributed by atoms with Gasteiger partial charge >= 0.3 is 0 Å². The largest absolute Gasteiger partial charge is 0.363 e. The average molecular weight is 330 g/mol. The monoisotopic (exact) mass is 329 g/mol. The molecule has 1 aliphatic rings. The number of aromatic nitrogens is 2. The first-order valence-corrected chi connectivity index (χ1v) is 8.87. The number of halogens is 1. The number of benzene rings is 2. The molecular formula is C17H16ClN3S. The van der Waals surface area contributed by atoms with Crippen molar-refractivity contribution in [3.63, 3.8) is 0 Å². The lowest BCUT2D eigenvalue weighted by Crippen LogP contribution is -2.36. The van der Waals surface area contributed by atoms with Crippen molar-refractivity contribution in [1.82, 2.24) is 10.2 Å². The summed E-state index contributed by atoms with van der Waals surface area (Å²) in [5.74, 6) is 2.26. The molecular weight excluding hydrogens is 314 g/mol. The molecule has 0 spiro atoms. The van der Waals surface area contributed by atoms with E-state index >= 15 is 0 Å². The van der Waals surface area contributed by atoms with Crippen LogP contribution in [0.1, 0.15) is 11.6 Å². The van der Waals surface area contributed by atoms with Gasteiger partial charge in [-0.1, -0.05) is 23.7 Å². The number of H-pyrrole nitrogens is 1. The number of aromatic amines is 1. The molecule has 112 valence electrons. The number of anilines is 1. The molecule has 3 nitrogen and oxygen atoms in total. The summed E-state index contributed by atoms with van der Waals surface area (Å²) in [5.41, 5.74) is 3.66. The summed E-state index contributed by atoms with van der Waals surface area (Å²) in [6.45, 7) is 1.05. The summed E-state index contributed by atoms with van der Waals surface area (Å²) in [5, 5.41) is 9.11. The fourth-order valence-corrected chi connectivity index (χ4v) is 4.19. The predicted molar refractivity (Wildman–Crippen MR) is 95.0 cm³/mol. The lowest BCUT2D eigenvalue weighted by Gasteiger charge is -2.37. The molecule has 1 saturated heterocycles. The summed E-state index contributed by atoms with van der Waals surface area (Å²) in [6, 6.07) is 15.1. The van der Waals surface area contributed by atoms with Crippen LogP contribution in [0.5, 0.6) is 0 Å². The molecule has 1 unspecified atom stereocenters. The minimum atomic E-state index is 0.386. The molecule has 22 heavy (non-hydrogen) atoms. The van der Waals surface area contributed by atoms with Gasteiger partial charge in [-0.05, 0) is 35.9 Å². The second-order valence-electron chi connectivity index (χ2n) is 5.48. The highest BCUT2D eigenvalue weighted by Crippen LogP contribution is 2.35. The molecule has 1 N–H and O–H groups in total. The van der Waals surface area contributed by atoms with E-state index in [9.17, 15) is 0 Å². The zero-order chi connectivity index (χ0) is 14.9. The van der Waals surface area contributed by atoms with Gasteiger partial charge in [0.15, 0.2) is 0 Å². The van der Waals surface area contributed by atoms with E-state index in [1.807, 2.05) is 30.1 Å². The first kappa shape index (κ1) is 14.0. The first-order chi connectivity index (χ1) is 10.8. The first-order valence-electron chi connectivity index (χ1n) is 7.34. The van der Waals surface area contributed by atoms with Crippen molar-refractivity contribution in [2.45, 2.75) is 6.04 Å². The van der Waals surface area contributed by atoms with Gasteiger partial charge in [0.25, 0.3) is 0 Å². The zero-order valence-electron chi connectivity index (χ0n) is 12.0. The molecule has 1 aromatic heterocycles. The molecule has 4 rings (SSSR count). The predicted octanol–water partition coefficient (Wildman–Crippen LogP) is 4.51. The number of hydrogen-bond acceptors (Lipinski definition) is 3. The zero-order valence-corrected chi connectivity index (χ0v) is 13.6. The van der Waals surface area contributed by atoms with Gasteiger partial charge in [-0.3, -0.25) is 5.10 Å². The van der Waals surface area contributed by atoms with Gasteiger partial charge in [0, 0.05) is 34.1 Å². The fraction of sp³-hybridized carbons (Fsp3) is 0.235. The molecule has 2 aromatic carbocycles. The molecule has 0 radical (unpaired) electrons. The van der Waals surface area contributed by atoms with Crippen LogP contribution in [-0.2, 0) is 0 Å². The van der Waals surface area contributed by atoms with Gasteiger partial charge in [0.2, 0.25) is 0 Å². The quantitative estimate of drug-likeness (QED) is 0.750. The van der Waals surface area contributed by atoms with Crippen LogP contribution in [0.3, 0.4) is 0 Å². The van der Waals surface area contributed by atoms with Crippen LogP contribution in [-0.4, -0.2) is 28.2 Å². The second-order valence-corrected chi connectivity index (χ2v) is 7.06. The number of nitrogens with zero attached hydrogens (tertiary/aromatic N) is 2. The Labute approximate surface area is 138 Å². The molecule has 0 aliphatic carbocycles. The van der Waals surface area contributed by atoms with Crippen LogP contribution < -0.4 is 4.90 Å². The number of rotatable bonds is 2. The molecule has 3 aromatic rings. The highest BCUT2D eigenvalue weighted by molar-refractivity contribution is 7.99. The molecule has 1 fully saturated rings. The van der Waals surface area contributed by atoms with Crippen molar-refractivity contribution < 1.29 is 0 Å². The Kier molecular flexibility index (Phi) is 3.72. The Morgan fingerprint density at radius 2 is 2.05 bits per heavy atom. The van der Waals surface area contributed by atoms with E-state index in [1.54, 1.807) is 0 Å². The number of fused-ring (bicyclic) bond motifs is 1.